The monoisotopic (exact) mass is 286 g/mol. The van der Waals surface area contributed by atoms with Crippen LogP contribution in [0, 0.1) is 10.1 Å². The van der Waals surface area contributed by atoms with Crippen LogP contribution in [0.1, 0.15) is 24.0 Å². The summed E-state index contributed by atoms with van der Waals surface area (Å²) in [5.41, 5.74) is 7.70. The van der Waals surface area contributed by atoms with Gasteiger partial charge in [0.1, 0.15) is 11.9 Å². The van der Waals surface area contributed by atoms with Crippen LogP contribution in [0.3, 0.4) is 0 Å². The highest BCUT2D eigenvalue weighted by Gasteiger charge is 2.19. The van der Waals surface area contributed by atoms with Gasteiger partial charge in [-0.05, 0) is 48.9 Å². The number of nitrogens with zero attached hydrogens (tertiary/aromatic N) is 3. The van der Waals surface area contributed by atoms with Crippen LogP contribution in [0.2, 0.25) is 0 Å². The van der Waals surface area contributed by atoms with Gasteiger partial charge in [0.25, 0.3) is 0 Å². The van der Waals surface area contributed by atoms with E-state index in [0.29, 0.717) is 5.75 Å². The van der Waals surface area contributed by atoms with Crippen LogP contribution < -0.4 is 10.5 Å². The molecule has 108 valence electrons. The van der Waals surface area contributed by atoms with Crippen molar-refractivity contribution in [2.75, 3.05) is 5.73 Å². The van der Waals surface area contributed by atoms with E-state index in [-0.39, 0.29) is 17.5 Å². The molecule has 0 aliphatic heterocycles. The third kappa shape index (κ3) is 2.76. The van der Waals surface area contributed by atoms with Crippen molar-refractivity contribution in [1.82, 2.24) is 9.97 Å². The third-order valence-electron chi connectivity index (χ3n) is 3.49. The van der Waals surface area contributed by atoms with E-state index in [9.17, 15) is 10.1 Å². The molecule has 0 amide bonds. The Labute approximate surface area is 120 Å². The number of anilines is 1. The van der Waals surface area contributed by atoms with Crippen molar-refractivity contribution in [3.8, 4) is 11.6 Å². The first kappa shape index (κ1) is 13.3. The Morgan fingerprint density at radius 3 is 2.76 bits per heavy atom. The van der Waals surface area contributed by atoms with E-state index in [1.807, 2.05) is 12.1 Å². The largest absolute Gasteiger partial charge is 0.434 e. The minimum absolute atomic E-state index is 0.0615. The molecule has 7 nitrogen and oxygen atoms in total. The fourth-order valence-corrected chi connectivity index (χ4v) is 2.46. The van der Waals surface area contributed by atoms with Gasteiger partial charge in [-0.25, -0.2) is 4.98 Å². The first-order valence-electron chi connectivity index (χ1n) is 6.70. The minimum Gasteiger partial charge on any atom is -0.434 e. The van der Waals surface area contributed by atoms with E-state index in [1.165, 1.54) is 17.5 Å². The molecule has 2 N–H and O–H groups in total. The second-order valence-corrected chi connectivity index (χ2v) is 4.92. The molecule has 0 radical (unpaired) electrons. The number of hydrogen-bond donors (Lipinski definition) is 1. The average molecular weight is 286 g/mol. The quantitative estimate of drug-likeness (QED) is 0.687. The number of fused-ring (bicyclic) bond motifs is 1. The summed E-state index contributed by atoms with van der Waals surface area (Å²) >= 11 is 0. The summed E-state index contributed by atoms with van der Waals surface area (Å²) in [6.45, 7) is 0. The molecule has 0 spiro atoms. The van der Waals surface area contributed by atoms with Gasteiger partial charge in [0.15, 0.2) is 0 Å². The Balaban J connectivity index is 1.93. The first-order valence-corrected chi connectivity index (χ1v) is 6.70. The van der Waals surface area contributed by atoms with Gasteiger partial charge in [0.2, 0.25) is 5.95 Å². The van der Waals surface area contributed by atoms with E-state index >= 15 is 0 Å². The summed E-state index contributed by atoms with van der Waals surface area (Å²) < 4.78 is 5.54. The summed E-state index contributed by atoms with van der Waals surface area (Å²) in [5, 5.41) is 11.0. The molecule has 1 heterocycles. The Kier molecular flexibility index (Phi) is 3.39. The maximum Gasteiger partial charge on any atom is 0.349 e. The van der Waals surface area contributed by atoms with E-state index in [0.717, 1.165) is 25.5 Å². The molecule has 0 atom stereocenters. The lowest BCUT2D eigenvalue weighted by Crippen LogP contribution is -2.04. The number of hydrogen-bond acceptors (Lipinski definition) is 6. The molecule has 0 fully saturated rings. The zero-order valence-corrected chi connectivity index (χ0v) is 11.3. The van der Waals surface area contributed by atoms with Gasteiger partial charge in [0, 0.05) is 0 Å². The van der Waals surface area contributed by atoms with Crippen LogP contribution >= 0.6 is 0 Å². The number of nitrogen functional groups attached to an aromatic ring is 1. The number of aryl methyl sites for hydroxylation is 2. The van der Waals surface area contributed by atoms with Crippen molar-refractivity contribution in [2.45, 2.75) is 25.7 Å². The van der Waals surface area contributed by atoms with Gasteiger partial charge in [-0.3, -0.25) is 10.1 Å². The molecule has 0 saturated carbocycles. The van der Waals surface area contributed by atoms with Gasteiger partial charge >= 0.3 is 11.6 Å². The maximum absolute atomic E-state index is 11.0. The number of aromatic nitrogens is 2. The number of rotatable bonds is 3. The fraction of sp³-hybridized carbons (Fsp3) is 0.286. The van der Waals surface area contributed by atoms with Gasteiger partial charge < -0.3 is 10.5 Å². The van der Waals surface area contributed by atoms with Crippen LogP contribution in [-0.2, 0) is 12.8 Å². The third-order valence-corrected chi connectivity index (χ3v) is 3.49. The van der Waals surface area contributed by atoms with Gasteiger partial charge in [-0.15, -0.1) is 0 Å². The molecule has 2 aromatic rings. The van der Waals surface area contributed by atoms with Crippen LogP contribution in [-0.4, -0.2) is 14.9 Å². The zero-order valence-electron chi connectivity index (χ0n) is 11.3. The lowest BCUT2D eigenvalue weighted by molar-refractivity contribution is -0.386. The van der Waals surface area contributed by atoms with Crippen molar-refractivity contribution < 1.29 is 9.66 Å². The minimum atomic E-state index is -0.590. The van der Waals surface area contributed by atoms with Crippen LogP contribution in [0.15, 0.2) is 24.4 Å². The highest BCUT2D eigenvalue weighted by Crippen LogP contribution is 2.31. The van der Waals surface area contributed by atoms with Crippen molar-refractivity contribution >= 4 is 11.6 Å². The second-order valence-electron chi connectivity index (χ2n) is 4.92. The molecule has 3 rings (SSSR count). The fourth-order valence-electron chi connectivity index (χ4n) is 2.46. The molecule has 1 aliphatic rings. The molecule has 1 aromatic carbocycles. The smallest absolute Gasteiger partial charge is 0.349 e. The molecule has 0 bridgehead atoms. The van der Waals surface area contributed by atoms with Crippen molar-refractivity contribution in [2.24, 2.45) is 0 Å². The molecule has 0 saturated heterocycles. The number of nitro groups is 1. The van der Waals surface area contributed by atoms with E-state index in [1.54, 1.807) is 6.07 Å². The summed E-state index contributed by atoms with van der Waals surface area (Å²) in [7, 11) is 0. The Bertz CT molecular complexity index is 703. The van der Waals surface area contributed by atoms with Crippen LogP contribution in [0.4, 0.5) is 11.6 Å². The molecular formula is C14H14N4O3. The highest BCUT2D eigenvalue weighted by molar-refractivity contribution is 5.45. The number of benzene rings is 1. The van der Waals surface area contributed by atoms with E-state index < -0.39 is 4.92 Å². The summed E-state index contributed by atoms with van der Waals surface area (Å²) in [4.78, 5) is 17.8. The maximum atomic E-state index is 11.0. The van der Waals surface area contributed by atoms with Gasteiger partial charge in [-0.1, -0.05) is 6.07 Å². The summed E-state index contributed by atoms with van der Waals surface area (Å²) in [6, 6.07) is 5.71. The molecule has 1 aromatic heterocycles. The SMILES string of the molecule is Nc1ncc([N+](=O)[O-])c(Oc2ccc3c(c2)CCCC3)n1. The molecule has 1 aliphatic carbocycles. The Morgan fingerprint density at radius 1 is 1.24 bits per heavy atom. The predicted octanol–water partition coefficient (Wildman–Crippen LogP) is 2.64. The number of nitrogens with two attached hydrogens (primary N) is 1. The Morgan fingerprint density at radius 2 is 2.00 bits per heavy atom. The van der Waals surface area contributed by atoms with Crippen LogP contribution in [0.5, 0.6) is 11.6 Å². The lowest BCUT2D eigenvalue weighted by Gasteiger charge is -2.16. The first-order chi connectivity index (χ1) is 10.1. The highest BCUT2D eigenvalue weighted by atomic mass is 16.6. The average Bonchev–Trinajstić information content (AvgIpc) is 2.47. The predicted molar refractivity (Wildman–Crippen MR) is 76.3 cm³/mol. The zero-order chi connectivity index (χ0) is 14.8. The van der Waals surface area contributed by atoms with Gasteiger partial charge in [0.05, 0.1) is 4.92 Å². The summed E-state index contributed by atoms with van der Waals surface area (Å²) in [5.74, 6) is 0.327. The van der Waals surface area contributed by atoms with Crippen LogP contribution in [0.25, 0.3) is 0 Å². The molecular weight excluding hydrogens is 272 g/mol. The molecule has 7 heteroatoms. The van der Waals surface area contributed by atoms with Gasteiger partial charge in [-0.2, -0.15) is 4.98 Å². The van der Waals surface area contributed by atoms with E-state index in [4.69, 9.17) is 10.5 Å². The van der Waals surface area contributed by atoms with Crippen molar-refractivity contribution in [3.63, 3.8) is 0 Å². The Hall–Kier alpha value is -2.70. The van der Waals surface area contributed by atoms with Crippen molar-refractivity contribution in [1.29, 1.82) is 0 Å². The topological polar surface area (TPSA) is 104 Å². The standard InChI is InChI=1S/C14H14N4O3/c15-14-16-8-12(18(19)20)13(17-14)21-11-6-5-9-3-1-2-4-10(9)7-11/h5-8H,1-4H2,(H2,15,16,17). The number of ether oxygens (including phenoxy) is 1. The lowest BCUT2D eigenvalue weighted by atomic mass is 9.92. The molecule has 21 heavy (non-hydrogen) atoms. The summed E-state index contributed by atoms with van der Waals surface area (Å²) in [6.07, 6.45) is 5.46. The molecule has 0 unspecified atom stereocenters. The second kappa shape index (κ2) is 5.35. The normalized spacial score (nSPS) is 13.5. The van der Waals surface area contributed by atoms with E-state index in [2.05, 4.69) is 9.97 Å². The van der Waals surface area contributed by atoms with Crippen molar-refractivity contribution in [3.05, 3.63) is 45.6 Å².